The van der Waals surface area contributed by atoms with E-state index in [2.05, 4.69) is 29.1 Å². The first-order valence-corrected chi connectivity index (χ1v) is 5.95. The van der Waals surface area contributed by atoms with Crippen molar-refractivity contribution in [3.8, 4) is 5.75 Å². The first kappa shape index (κ1) is 12.5. The zero-order valence-corrected chi connectivity index (χ0v) is 10.6. The van der Waals surface area contributed by atoms with Gasteiger partial charge in [-0.2, -0.15) is 0 Å². The summed E-state index contributed by atoms with van der Waals surface area (Å²) in [6, 6.07) is 6.83. The van der Waals surface area contributed by atoms with Crippen LogP contribution in [0.4, 0.5) is 10.1 Å². The zero-order valence-electron chi connectivity index (χ0n) is 10.6. The lowest BCUT2D eigenvalue weighted by molar-refractivity contribution is 0.387. The molecule has 0 radical (unpaired) electrons. The van der Waals surface area contributed by atoms with Crippen LogP contribution in [0.2, 0.25) is 0 Å². The average Bonchev–Trinajstić information content (AvgIpc) is 2.86. The summed E-state index contributed by atoms with van der Waals surface area (Å²) in [7, 11) is 1.46. The SMILES string of the molecule is CCn1ccc(CNc2ccc(F)c(OC)c2)c1. The maximum atomic E-state index is 13.2. The third-order valence-electron chi connectivity index (χ3n) is 2.82. The van der Waals surface area contributed by atoms with Crippen LogP contribution in [-0.2, 0) is 13.1 Å². The second-order valence-corrected chi connectivity index (χ2v) is 4.05. The monoisotopic (exact) mass is 248 g/mol. The van der Waals surface area contributed by atoms with Crippen molar-refractivity contribution in [3.05, 3.63) is 48.0 Å². The zero-order chi connectivity index (χ0) is 13.0. The van der Waals surface area contributed by atoms with Gasteiger partial charge >= 0.3 is 0 Å². The van der Waals surface area contributed by atoms with Crippen LogP contribution in [0, 0.1) is 5.82 Å². The lowest BCUT2D eigenvalue weighted by Crippen LogP contribution is -1.99. The van der Waals surface area contributed by atoms with Gasteiger partial charge in [-0.1, -0.05) is 0 Å². The van der Waals surface area contributed by atoms with E-state index in [0.717, 1.165) is 12.2 Å². The van der Waals surface area contributed by atoms with E-state index in [-0.39, 0.29) is 11.6 Å². The molecule has 0 atom stereocenters. The molecule has 18 heavy (non-hydrogen) atoms. The van der Waals surface area contributed by atoms with E-state index < -0.39 is 0 Å². The molecule has 0 saturated heterocycles. The molecule has 0 amide bonds. The van der Waals surface area contributed by atoms with Gasteiger partial charge in [0, 0.05) is 37.2 Å². The number of nitrogens with one attached hydrogen (secondary N) is 1. The summed E-state index contributed by atoms with van der Waals surface area (Å²) in [5.41, 5.74) is 2.04. The van der Waals surface area contributed by atoms with Crippen molar-refractivity contribution in [1.82, 2.24) is 4.57 Å². The van der Waals surface area contributed by atoms with Crippen LogP contribution < -0.4 is 10.1 Å². The minimum atomic E-state index is -0.347. The van der Waals surface area contributed by atoms with Crippen LogP contribution in [0.5, 0.6) is 5.75 Å². The summed E-state index contributed by atoms with van der Waals surface area (Å²) < 4.78 is 20.3. The number of hydrogen-bond acceptors (Lipinski definition) is 2. The Morgan fingerprint density at radius 3 is 2.83 bits per heavy atom. The first-order chi connectivity index (χ1) is 8.72. The normalized spacial score (nSPS) is 10.4. The fraction of sp³-hybridized carbons (Fsp3) is 0.286. The van der Waals surface area contributed by atoms with Gasteiger partial charge in [-0.05, 0) is 30.7 Å². The van der Waals surface area contributed by atoms with Crippen molar-refractivity contribution < 1.29 is 9.13 Å². The highest BCUT2D eigenvalue weighted by atomic mass is 19.1. The molecule has 1 N–H and O–H groups in total. The number of benzene rings is 1. The van der Waals surface area contributed by atoms with E-state index in [1.807, 2.05) is 6.20 Å². The number of aromatic nitrogens is 1. The maximum absolute atomic E-state index is 13.2. The van der Waals surface area contributed by atoms with Crippen molar-refractivity contribution in [2.75, 3.05) is 12.4 Å². The van der Waals surface area contributed by atoms with Gasteiger partial charge < -0.3 is 14.6 Å². The minimum absolute atomic E-state index is 0.256. The molecule has 0 fully saturated rings. The van der Waals surface area contributed by atoms with Crippen molar-refractivity contribution in [2.24, 2.45) is 0 Å². The molecule has 0 aliphatic heterocycles. The molecule has 3 nitrogen and oxygen atoms in total. The number of nitrogens with zero attached hydrogens (tertiary/aromatic N) is 1. The highest BCUT2D eigenvalue weighted by Crippen LogP contribution is 2.21. The molecule has 1 aromatic carbocycles. The molecule has 1 aromatic heterocycles. The molecular formula is C14H17FN2O. The van der Waals surface area contributed by atoms with Crippen LogP contribution in [0.1, 0.15) is 12.5 Å². The lowest BCUT2D eigenvalue weighted by Gasteiger charge is -2.08. The second-order valence-electron chi connectivity index (χ2n) is 4.05. The van der Waals surface area contributed by atoms with Crippen LogP contribution in [0.25, 0.3) is 0 Å². The Bertz CT molecular complexity index is 522. The number of hydrogen-bond donors (Lipinski definition) is 1. The third-order valence-corrected chi connectivity index (χ3v) is 2.82. The second kappa shape index (κ2) is 5.58. The lowest BCUT2D eigenvalue weighted by atomic mass is 10.2. The van der Waals surface area contributed by atoms with Gasteiger partial charge in [0.2, 0.25) is 0 Å². The maximum Gasteiger partial charge on any atom is 0.165 e. The molecule has 1 heterocycles. The van der Waals surface area contributed by atoms with Crippen LogP contribution in [-0.4, -0.2) is 11.7 Å². The highest BCUT2D eigenvalue weighted by molar-refractivity contribution is 5.49. The average molecular weight is 248 g/mol. The summed E-state index contributed by atoms with van der Waals surface area (Å²) >= 11 is 0. The number of aryl methyl sites for hydroxylation is 1. The molecule has 4 heteroatoms. The minimum Gasteiger partial charge on any atom is -0.494 e. The Balaban J connectivity index is 2.01. The number of halogens is 1. The Kier molecular flexibility index (Phi) is 3.87. The Morgan fingerprint density at radius 2 is 2.17 bits per heavy atom. The standard InChI is InChI=1S/C14H17FN2O/c1-3-17-7-6-11(10-17)9-16-12-4-5-13(15)14(8-12)18-2/h4-8,10,16H,3,9H2,1-2H3. The molecule has 0 saturated carbocycles. The quantitative estimate of drug-likeness (QED) is 0.879. The molecule has 2 aromatic rings. The van der Waals surface area contributed by atoms with Crippen LogP contribution in [0.3, 0.4) is 0 Å². The van der Waals surface area contributed by atoms with Gasteiger partial charge in [0.05, 0.1) is 7.11 Å². The van der Waals surface area contributed by atoms with E-state index in [1.54, 1.807) is 12.1 Å². The van der Waals surface area contributed by atoms with Crippen LogP contribution >= 0.6 is 0 Å². The molecule has 0 spiro atoms. The largest absolute Gasteiger partial charge is 0.494 e. The van der Waals surface area contributed by atoms with Gasteiger partial charge in [-0.25, -0.2) is 4.39 Å². The number of methoxy groups -OCH3 is 1. The molecule has 0 bridgehead atoms. The van der Waals surface area contributed by atoms with Gasteiger partial charge in [0.15, 0.2) is 11.6 Å². The fourth-order valence-electron chi connectivity index (χ4n) is 1.77. The summed E-state index contributed by atoms with van der Waals surface area (Å²) in [6.07, 6.45) is 4.13. The predicted octanol–water partition coefficient (Wildman–Crippen LogP) is 3.27. The van der Waals surface area contributed by atoms with Crippen molar-refractivity contribution in [3.63, 3.8) is 0 Å². The van der Waals surface area contributed by atoms with E-state index in [1.165, 1.54) is 18.7 Å². The molecular weight excluding hydrogens is 231 g/mol. The highest BCUT2D eigenvalue weighted by Gasteiger charge is 2.03. The number of ether oxygens (including phenoxy) is 1. The molecule has 2 rings (SSSR count). The summed E-state index contributed by atoms with van der Waals surface area (Å²) in [4.78, 5) is 0. The van der Waals surface area contributed by atoms with Gasteiger partial charge in [0.1, 0.15) is 0 Å². The van der Waals surface area contributed by atoms with E-state index >= 15 is 0 Å². The van der Waals surface area contributed by atoms with E-state index in [4.69, 9.17) is 4.74 Å². The Hall–Kier alpha value is -1.97. The van der Waals surface area contributed by atoms with Gasteiger partial charge in [-0.15, -0.1) is 0 Å². The summed E-state index contributed by atoms with van der Waals surface area (Å²) in [6.45, 7) is 3.77. The molecule has 96 valence electrons. The molecule has 0 aliphatic carbocycles. The van der Waals surface area contributed by atoms with Crippen molar-refractivity contribution >= 4 is 5.69 Å². The Labute approximate surface area is 106 Å². The van der Waals surface area contributed by atoms with Crippen molar-refractivity contribution in [1.29, 1.82) is 0 Å². The van der Waals surface area contributed by atoms with Crippen molar-refractivity contribution in [2.45, 2.75) is 20.0 Å². The number of anilines is 1. The number of rotatable bonds is 5. The van der Waals surface area contributed by atoms with Crippen LogP contribution in [0.15, 0.2) is 36.7 Å². The topological polar surface area (TPSA) is 26.2 Å². The molecule has 0 unspecified atom stereocenters. The predicted molar refractivity (Wildman–Crippen MR) is 70.4 cm³/mol. The van der Waals surface area contributed by atoms with Gasteiger partial charge in [0.25, 0.3) is 0 Å². The van der Waals surface area contributed by atoms with E-state index in [9.17, 15) is 4.39 Å². The first-order valence-electron chi connectivity index (χ1n) is 5.95. The van der Waals surface area contributed by atoms with Gasteiger partial charge in [-0.3, -0.25) is 0 Å². The summed E-state index contributed by atoms with van der Waals surface area (Å²) in [5.74, 6) is -0.0914. The smallest absolute Gasteiger partial charge is 0.165 e. The third kappa shape index (κ3) is 2.83. The fourth-order valence-corrected chi connectivity index (χ4v) is 1.77. The Morgan fingerprint density at radius 1 is 1.33 bits per heavy atom. The molecule has 0 aliphatic rings. The van der Waals surface area contributed by atoms with E-state index in [0.29, 0.717) is 6.54 Å². The summed E-state index contributed by atoms with van der Waals surface area (Å²) in [5, 5.41) is 3.24.